The van der Waals surface area contributed by atoms with Crippen LogP contribution < -0.4 is 4.98 Å². The van der Waals surface area contributed by atoms with E-state index in [9.17, 15) is 0 Å². The molecule has 0 aliphatic heterocycles. The van der Waals surface area contributed by atoms with E-state index in [0.29, 0.717) is 0 Å². The molecule has 1 unspecified atom stereocenters. The Morgan fingerprint density at radius 1 is 1.62 bits per heavy atom. The van der Waals surface area contributed by atoms with Gasteiger partial charge < -0.3 is 4.98 Å². The molecular formula is C6H17NSi. The fourth-order valence-corrected chi connectivity index (χ4v) is 0.943. The Labute approximate surface area is 55.4 Å². The maximum Gasteiger partial charge on any atom is 0.0752 e. The molecule has 0 fully saturated rings. The van der Waals surface area contributed by atoms with Crippen LogP contribution in [0.3, 0.4) is 0 Å². The molecule has 0 aromatic rings. The van der Waals surface area contributed by atoms with Gasteiger partial charge in [-0.2, -0.15) is 0 Å². The van der Waals surface area contributed by atoms with Crippen molar-refractivity contribution in [2.75, 3.05) is 0 Å². The highest BCUT2D eigenvalue weighted by Crippen LogP contribution is 1.97. The zero-order valence-electron chi connectivity index (χ0n) is 6.20. The van der Waals surface area contributed by atoms with E-state index >= 15 is 0 Å². The molecule has 0 aromatic carbocycles. The predicted molar refractivity (Wildman–Crippen MR) is 42.1 cm³/mol. The maximum atomic E-state index is 3.34. The first-order chi connectivity index (χ1) is 3.81. The molecule has 0 radical (unpaired) electrons. The first-order valence-electron chi connectivity index (χ1n) is 3.48. The summed E-state index contributed by atoms with van der Waals surface area (Å²) in [6.45, 7) is 4.49. The van der Waals surface area contributed by atoms with Crippen molar-refractivity contribution in [3.8, 4) is 0 Å². The highest BCUT2D eigenvalue weighted by atomic mass is 28.2. The Kier molecular flexibility index (Phi) is 5.43. The zero-order valence-corrected chi connectivity index (χ0v) is 8.20. The molecule has 0 saturated heterocycles. The van der Waals surface area contributed by atoms with Crippen molar-refractivity contribution in [1.29, 1.82) is 0 Å². The summed E-state index contributed by atoms with van der Waals surface area (Å²) in [6, 6.07) is 0.765. The normalized spacial score (nSPS) is 14.2. The summed E-state index contributed by atoms with van der Waals surface area (Å²) < 4.78 is 0. The Morgan fingerprint density at radius 3 is 2.62 bits per heavy atom. The van der Waals surface area contributed by atoms with Gasteiger partial charge in [0.1, 0.15) is 0 Å². The molecule has 1 nitrogen and oxygen atoms in total. The molecule has 0 saturated carbocycles. The standard InChI is InChI=1S/C6H17NSi/c1-3-4-5-6(2)7-8/h6-7H,3-5H2,1-2,8H3. The quantitative estimate of drug-likeness (QED) is 0.546. The molecular weight excluding hydrogens is 114 g/mol. The SMILES string of the molecule is CCCCC(C)N[SiH3]. The van der Waals surface area contributed by atoms with E-state index in [0.717, 1.165) is 16.4 Å². The van der Waals surface area contributed by atoms with Crippen molar-refractivity contribution in [1.82, 2.24) is 4.98 Å². The van der Waals surface area contributed by atoms with Gasteiger partial charge in [0.25, 0.3) is 0 Å². The highest BCUT2D eigenvalue weighted by molar-refractivity contribution is 6.04. The Balaban J connectivity index is 2.86. The van der Waals surface area contributed by atoms with Crippen molar-refractivity contribution < 1.29 is 0 Å². The summed E-state index contributed by atoms with van der Waals surface area (Å²) in [5, 5.41) is 0. The number of hydrogen-bond donors (Lipinski definition) is 1. The van der Waals surface area contributed by atoms with E-state index in [1.165, 1.54) is 19.3 Å². The van der Waals surface area contributed by atoms with Gasteiger partial charge in [-0.25, -0.2) is 0 Å². The number of rotatable bonds is 4. The predicted octanol–water partition coefficient (Wildman–Crippen LogP) is 0.435. The van der Waals surface area contributed by atoms with E-state index in [2.05, 4.69) is 18.8 Å². The Morgan fingerprint density at radius 2 is 2.25 bits per heavy atom. The molecule has 0 amide bonds. The average Bonchev–Trinajstić information content (AvgIpc) is 1.83. The number of unbranched alkanes of at least 4 members (excludes halogenated alkanes) is 1. The minimum absolute atomic E-state index is 0.765. The van der Waals surface area contributed by atoms with Gasteiger partial charge >= 0.3 is 0 Å². The summed E-state index contributed by atoms with van der Waals surface area (Å²) in [7, 11) is 1.14. The zero-order chi connectivity index (χ0) is 6.41. The number of hydrogen-bond acceptors (Lipinski definition) is 1. The second kappa shape index (κ2) is 5.32. The number of nitrogens with one attached hydrogen (secondary N) is 1. The lowest BCUT2D eigenvalue weighted by Crippen LogP contribution is -2.22. The lowest BCUT2D eigenvalue weighted by Gasteiger charge is -2.07. The molecule has 1 N–H and O–H groups in total. The van der Waals surface area contributed by atoms with Gasteiger partial charge in [0.2, 0.25) is 0 Å². The second-order valence-electron chi connectivity index (χ2n) is 2.33. The summed E-state index contributed by atoms with van der Waals surface area (Å²) >= 11 is 0. The van der Waals surface area contributed by atoms with Crippen LogP contribution in [-0.2, 0) is 0 Å². The minimum atomic E-state index is 0.765. The molecule has 0 aliphatic carbocycles. The van der Waals surface area contributed by atoms with E-state index in [-0.39, 0.29) is 0 Å². The molecule has 0 heterocycles. The van der Waals surface area contributed by atoms with E-state index < -0.39 is 0 Å². The summed E-state index contributed by atoms with van der Waals surface area (Å²) in [5.41, 5.74) is 0. The first-order valence-corrected chi connectivity index (χ1v) is 4.48. The van der Waals surface area contributed by atoms with Gasteiger partial charge in [-0.15, -0.1) is 0 Å². The van der Waals surface area contributed by atoms with Crippen LogP contribution in [0.4, 0.5) is 0 Å². The van der Waals surface area contributed by atoms with Crippen molar-refractivity contribution in [2.45, 2.75) is 39.2 Å². The van der Waals surface area contributed by atoms with Crippen LogP contribution >= 0.6 is 0 Å². The van der Waals surface area contributed by atoms with Crippen molar-refractivity contribution >= 4 is 10.4 Å². The molecule has 0 spiro atoms. The van der Waals surface area contributed by atoms with E-state index in [1.54, 1.807) is 0 Å². The molecule has 2 heteroatoms. The van der Waals surface area contributed by atoms with Crippen LogP contribution in [-0.4, -0.2) is 16.4 Å². The van der Waals surface area contributed by atoms with Gasteiger partial charge in [-0.3, -0.25) is 0 Å². The molecule has 1 atom stereocenters. The van der Waals surface area contributed by atoms with Gasteiger partial charge in [0.05, 0.1) is 10.4 Å². The third kappa shape index (κ3) is 4.34. The topological polar surface area (TPSA) is 12.0 Å². The fraction of sp³-hybridized carbons (Fsp3) is 1.00. The summed E-state index contributed by atoms with van der Waals surface area (Å²) in [4.78, 5) is 3.34. The van der Waals surface area contributed by atoms with E-state index in [4.69, 9.17) is 0 Å². The van der Waals surface area contributed by atoms with Gasteiger partial charge in [-0.1, -0.05) is 26.7 Å². The van der Waals surface area contributed by atoms with Crippen LogP contribution in [0.15, 0.2) is 0 Å². The molecule has 8 heavy (non-hydrogen) atoms. The van der Waals surface area contributed by atoms with Crippen LogP contribution in [0.25, 0.3) is 0 Å². The molecule has 0 bridgehead atoms. The summed E-state index contributed by atoms with van der Waals surface area (Å²) in [6.07, 6.45) is 4.05. The fourth-order valence-electron chi connectivity index (χ4n) is 0.655. The third-order valence-corrected chi connectivity index (χ3v) is 2.47. The van der Waals surface area contributed by atoms with E-state index in [1.807, 2.05) is 0 Å². The van der Waals surface area contributed by atoms with Crippen molar-refractivity contribution in [3.63, 3.8) is 0 Å². The van der Waals surface area contributed by atoms with Crippen LogP contribution in [0.2, 0.25) is 0 Å². The lowest BCUT2D eigenvalue weighted by molar-refractivity contribution is 0.582. The largest absolute Gasteiger partial charge is 0.343 e. The second-order valence-corrected chi connectivity index (χ2v) is 2.91. The van der Waals surface area contributed by atoms with Crippen LogP contribution in [0, 0.1) is 0 Å². The first kappa shape index (κ1) is 8.18. The Hall–Kier alpha value is 0.177. The smallest absolute Gasteiger partial charge is 0.0752 e. The lowest BCUT2D eigenvalue weighted by atomic mass is 10.2. The van der Waals surface area contributed by atoms with Crippen LogP contribution in [0.5, 0.6) is 0 Å². The molecule has 0 aliphatic rings. The molecule has 0 rings (SSSR count). The molecule has 50 valence electrons. The van der Waals surface area contributed by atoms with Gasteiger partial charge in [-0.05, 0) is 12.5 Å². The van der Waals surface area contributed by atoms with Gasteiger partial charge in [0, 0.05) is 0 Å². The van der Waals surface area contributed by atoms with Crippen molar-refractivity contribution in [3.05, 3.63) is 0 Å². The van der Waals surface area contributed by atoms with Gasteiger partial charge in [0.15, 0.2) is 0 Å². The monoisotopic (exact) mass is 131 g/mol. The average molecular weight is 131 g/mol. The maximum absolute atomic E-state index is 3.34. The Bertz CT molecular complexity index is 47.8. The summed E-state index contributed by atoms with van der Waals surface area (Å²) in [5.74, 6) is 0. The minimum Gasteiger partial charge on any atom is -0.343 e. The molecule has 0 aromatic heterocycles. The third-order valence-electron chi connectivity index (χ3n) is 1.48. The van der Waals surface area contributed by atoms with Crippen LogP contribution in [0.1, 0.15) is 33.1 Å². The van der Waals surface area contributed by atoms with Crippen molar-refractivity contribution in [2.24, 2.45) is 0 Å². The highest BCUT2D eigenvalue weighted by Gasteiger charge is 1.93.